The van der Waals surface area contributed by atoms with Gasteiger partial charge in [-0.1, -0.05) is 40.0 Å². The van der Waals surface area contributed by atoms with E-state index in [0.29, 0.717) is 12.3 Å². The molecule has 0 aliphatic heterocycles. The van der Waals surface area contributed by atoms with E-state index in [1.54, 1.807) is 0 Å². The maximum absolute atomic E-state index is 11.9. The first-order valence-electron chi connectivity index (χ1n) is 7.72. The van der Waals surface area contributed by atoms with Crippen LogP contribution in [0.15, 0.2) is 0 Å². The minimum absolute atomic E-state index is 0.183. The average Bonchev–Trinajstić information content (AvgIpc) is 2.37. The maximum atomic E-state index is 11.9. The molecule has 0 aromatic rings. The van der Waals surface area contributed by atoms with Crippen LogP contribution in [0, 0.1) is 11.8 Å². The summed E-state index contributed by atoms with van der Waals surface area (Å²) in [5.74, 6) is -0.0561. The lowest BCUT2D eigenvalue weighted by molar-refractivity contribution is -0.139. The molecule has 0 bridgehead atoms. The topological polar surface area (TPSA) is 78.4 Å². The molecule has 0 aromatic heterocycles. The molecule has 0 radical (unpaired) electrons. The van der Waals surface area contributed by atoms with Crippen molar-refractivity contribution in [2.75, 3.05) is 0 Å². The van der Waals surface area contributed by atoms with Gasteiger partial charge in [0.1, 0.15) is 6.04 Å². The molecule has 5 nitrogen and oxygen atoms in total. The van der Waals surface area contributed by atoms with Crippen molar-refractivity contribution in [1.29, 1.82) is 0 Å². The van der Waals surface area contributed by atoms with Gasteiger partial charge in [0.25, 0.3) is 0 Å². The monoisotopic (exact) mass is 284 g/mol. The molecule has 5 heteroatoms. The zero-order chi connectivity index (χ0) is 15.1. The summed E-state index contributed by atoms with van der Waals surface area (Å²) in [5, 5.41) is 14.6. The summed E-state index contributed by atoms with van der Waals surface area (Å²) in [5.41, 5.74) is 0. The van der Waals surface area contributed by atoms with Crippen molar-refractivity contribution < 1.29 is 14.7 Å². The summed E-state index contributed by atoms with van der Waals surface area (Å²) >= 11 is 0. The Balaban J connectivity index is 2.42. The predicted octanol–water partition coefficient (Wildman–Crippen LogP) is 2.75. The van der Waals surface area contributed by atoms with Crippen LogP contribution in [-0.2, 0) is 4.79 Å². The number of rotatable bonds is 6. The fraction of sp³-hybridized carbons (Fsp3) is 0.867. The first-order chi connectivity index (χ1) is 9.42. The van der Waals surface area contributed by atoms with Crippen LogP contribution in [0.5, 0.6) is 0 Å². The van der Waals surface area contributed by atoms with Crippen LogP contribution in [0.1, 0.15) is 59.3 Å². The van der Waals surface area contributed by atoms with Gasteiger partial charge in [0.05, 0.1) is 0 Å². The highest BCUT2D eigenvalue weighted by Gasteiger charge is 2.25. The van der Waals surface area contributed by atoms with Crippen LogP contribution in [0.2, 0.25) is 0 Å². The van der Waals surface area contributed by atoms with Gasteiger partial charge >= 0.3 is 12.0 Å². The lowest BCUT2D eigenvalue weighted by Gasteiger charge is -2.29. The number of aliphatic carboxylic acids is 1. The van der Waals surface area contributed by atoms with E-state index in [1.807, 2.05) is 13.8 Å². The van der Waals surface area contributed by atoms with Crippen molar-refractivity contribution in [3.8, 4) is 0 Å². The molecule has 2 unspecified atom stereocenters. The molecule has 3 N–H and O–H groups in total. The summed E-state index contributed by atoms with van der Waals surface area (Å²) < 4.78 is 0. The second-order valence-electron chi connectivity index (χ2n) is 6.28. The predicted molar refractivity (Wildman–Crippen MR) is 78.6 cm³/mol. The molecule has 1 saturated carbocycles. The molecule has 0 heterocycles. The van der Waals surface area contributed by atoms with Crippen molar-refractivity contribution in [3.05, 3.63) is 0 Å². The number of amides is 2. The van der Waals surface area contributed by atoms with E-state index in [0.717, 1.165) is 25.7 Å². The van der Waals surface area contributed by atoms with E-state index in [-0.39, 0.29) is 18.0 Å². The standard InChI is InChI=1S/C15H28N2O3/c1-4-11-6-5-7-12(9-11)16-15(20)17-13(14(18)19)8-10(2)3/h10-13H,4-9H2,1-3H3,(H,18,19)(H2,16,17,20)/t11?,12?,13-/m1/s1. The highest BCUT2D eigenvalue weighted by Crippen LogP contribution is 2.26. The SMILES string of the molecule is CCC1CCCC(NC(=O)N[C@H](CC(C)C)C(=O)O)C1. The van der Waals surface area contributed by atoms with Gasteiger partial charge in [0.15, 0.2) is 0 Å². The van der Waals surface area contributed by atoms with Crippen molar-refractivity contribution in [1.82, 2.24) is 10.6 Å². The Hall–Kier alpha value is -1.26. The van der Waals surface area contributed by atoms with Crippen LogP contribution in [-0.4, -0.2) is 29.2 Å². The Kier molecular flexibility index (Phi) is 6.82. The number of hydrogen-bond donors (Lipinski definition) is 3. The molecular formula is C15H28N2O3. The lowest BCUT2D eigenvalue weighted by atomic mass is 9.84. The Morgan fingerprint density at radius 1 is 1.30 bits per heavy atom. The second kappa shape index (κ2) is 8.12. The first kappa shape index (κ1) is 16.8. The molecule has 20 heavy (non-hydrogen) atoms. The molecule has 1 rings (SSSR count). The van der Waals surface area contributed by atoms with Gasteiger partial charge in [0, 0.05) is 6.04 Å². The molecule has 1 aliphatic carbocycles. The van der Waals surface area contributed by atoms with Gasteiger partial charge in [-0.25, -0.2) is 9.59 Å². The van der Waals surface area contributed by atoms with Crippen LogP contribution < -0.4 is 10.6 Å². The molecule has 0 saturated heterocycles. The fourth-order valence-corrected chi connectivity index (χ4v) is 2.87. The first-order valence-corrected chi connectivity index (χ1v) is 7.72. The average molecular weight is 284 g/mol. The van der Waals surface area contributed by atoms with E-state index in [1.165, 1.54) is 6.42 Å². The van der Waals surface area contributed by atoms with E-state index in [9.17, 15) is 9.59 Å². The molecule has 0 spiro atoms. The van der Waals surface area contributed by atoms with E-state index in [2.05, 4.69) is 17.6 Å². The van der Waals surface area contributed by atoms with Gasteiger partial charge in [0.2, 0.25) is 0 Å². The Labute approximate surface area is 121 Å². The van der Waals surface area contributed by atoms with Crippen molar-refractivity contribution in [2.45, 2.75) is 71.4 Å². The summed E-state index contributed by atoms with van der Waals surface area (Å²) in [6.45, 7) is 6.07. The summed E-state index contributed by atoms with van der Waals surface area (Å²) in [4.78, 5) is 23.0. The molecule has 1 fully saturated rings. The van der Waals surface area contributed by atoms with Crippen molar-refractivity contribution in [2.24, 2.45) is 11.8 Å². The molecule has 3 atom stereocenters. The number of carbonyl (C=O) groups is 2. The van der Waals surface area contributed by atoms with E-state index >= 15 is 0 Å². The normalized spacial score (nSPS) is 24.2. The minimum Gasteiger partial charge on any atom is -0.480 e. The fourth-order valence-electron chi connectivity index (χ4n) is 2.87. The van der Waals surface area contributed by atoms with Crippen LogP contribution in [0.4, 0.5) is 4.79 Å². The van der Waals surface area contributed by atoms with E-state index in [4.69, 9.17) is 5.11 Å². The number of urea groups is 1. The third-order valence-corrected chi connectivity index (χ3v) is 4.01. The largest absolute Gasteiger partial charge is 0.480 e. The smallest absolute Gasteiger partial charge is 0.326 e. The van der Waals surface area contributed by atoms with Crippen LogP contribution >= 0.6 is 0 Å². The number of carbonyl (C=O) groups excluding carboxylic acids is 1. The zero-order valence-corrected chi connectivity index (χ0v) is 12.8. The molecular weight excluding hydrogens is 256 g/mol. The number of hydrogen-bond acceptors (Lipinski definition) is 2. The van der Waals surface area contributed by atoms with Gasteiger partial charge in [-0.05, 0) is 31.1 Å². The quantitative estimate of drug-likeness (QED) is 0.701. The zero-order valence-electron chi connectivity index (χ0n) is 12.8. The van der Waals surface area contributed by atoms with Crippen molar-refractivity contribution in [3.63, 3.8) is 0 Å². The number of carboxylic acid groups (broad SMARTS) is 1. The van der Waals surface area contributed by atoms with Gasteiger partial charge in [-0.3, -0.25) is 0 Å². The minimum atomic E-state index is -0.969. The molecule has 2 amide bonds. The van der Waals surface area contributed by atoms with Crippen LogP contribution in [0.25, 0.3) is 0 Å². The third-order valence-electron chi connectivity index (χ3n) is 4.01. The molecule has 0 aromatic carbocycles. The van der Waals surface area contributed by atoms with Crippen LogP contribution in [0.3, 0.4) is 0 Å². The lowest BCUT2D eigenvalue weighted by Crippen LogP contribution is -2.50. The Morgan fingerprint density at radius 2 is 2.00 bits per heavy atom. The van der Waals surface area contributed by atoms with Crippen molar-refractivity contribution >= 4 is 12.0 Å². The highest BCUT2D eigenvalue weighted by atomic mass is 16.4. The van der Waals surface area contributed by atoms with Gasteiger partial charge in [-0.15, -0.1) is 0 Å². The van der Waals surface area contributed by atoms with Gasteiger partial charge in [-0.2, -0.15) is 0 Å². The highest BCUT2D eigenvalue weighted by molar-refractivity contribution is 5.82. The maximum Gasteiger partial charge on any atom is 0.326 e. The molecule has 1 aliphatic rings. The Morgan fingerprint density at radius 3 is 2.55 bits per heavy atom. The molecule has 116 valence electrons. The summed E-state index contributed by atoms with van der Waals surface area (Å²) in [6.07, 6.45) is 5.97. The third kappa shape index (κ3) is 5.80. The summed E-state index contributed by atoms with van der Waals surface area (Å²) in [7, 11) is 0. The second-order valence-corrected chi connectivity index (χ2v) is 6.28. The number of nitrogens with one attached hydrogen (secondary N) is 2. The van der Waals surface area contributed by atoms with Gasteiger partial charge < -0.3 is 15.7 Å². The Bertz CT molecular complexity index is 331. The number of carboxylic acids is 1. The summed E-state index contributed by atoms with van der Waals surface area (Å²) in [6, 6.07) is -0.970. The van der Waals surface area contributed by atoms with E-state index < -0.39 is 12.0 Å².